The highest BCUT2D eigenvalue weighted by Gasteiger charge is 2.43. The maximum absolute atomic E-state index is 13.7. The number of likely N-dealkylation sites (tertiary alicyclic amines) is 1. The molecule has 2 aromatic rings. The molecular weight excluding hydrogens is 437 g/mol. The van der Waals surface area contributed by atoms with Gasteiger partial charge in [0.25, 0.3) is 11.8 Å². The lowest BCUT2D eigenvalue weighted by atomic mass is 10.1. The van der Waals surface area contributed by atoms with Crippen molar-refractivity contribution in [1.82, 2.24) is 19.8 Å². The highest BCUT2D eigenvalue weighted by atomic mass is 19.4. The molecular formula is C23H27F3N4O3. The first kappa shape index (κ1) is 24.5. The SMILES string of the molecule is CC(C)Cn1cc(C(=O)NC(c2ccccn2)C(F)(F)F)c(=O)c(C(=O)N2CCCCC2)c1. The van der Waals surface area contributed by atoms with Crippen LogP contribution in [0.5, 0.6) is 0 Å². The van der Waals surface area contributed by atoms with E-state index in [2.05, 4.69) is 4.98 Å². The fourth-order valence-electron chi connectivity index (χ4n) is 3.82. The van der Waals surface area contributed by atoms with Crippen molar-refractivity contribution < 1.29 is 22.8 Å². The summed E-state index contributed by atoms with van der Waals surface area (Å²) in [5, 5.41) is 1.89. The fourth-order valence-corrected chi connectivity index (χ4v) is 3.82. The zero-order chi connectivity index (χ0) is 24.2. The Kier molecular flexibility index (Phi) is 7.55. The van der Waals surface area contributed by atoms with Gasteiger partial charge in [-0.15, -0.1) is 0 Å². The maximum Gasteiger partial charge on any atom is 0.414 e. The third-order valence-corrected chi connectivity index (χ3v) is 5.36. The van der Waals surface area contributed by atoms with Crippen LogP contribution in [0.15, 0.2) is 41.6 Å². The Labute approximate surface area is 189 Å². The molecule has 0 aliphatic carbocycles. The molecule has 0 bridgehead atoms. The van der Waals surface area contributed by atoms with E-state index >= 15 is 0 Å². The van der Waals surface area contributed by atoms with E-state index in [0.717, 1.165) is 25.3 Å². The largest absolute Gasteiger partial charge is 0.414 e. The summed E-state index contributed by atoms with van der Waals surface area (Å²) in [7, 11) is 0. The van der Waals surface area contributed by atoms with Crippen molar-refractivity contribution in [2.24, 2.45) is 5.92 Å². The summed E-state index contributed by atoms with van der Waals surface area (Å²) in [6.07, 6.45) is 1.55. The van der Waals surface area contributed by atoms with Crippen molar-refractivity contribution in [3.63, 3.8) is 0 Å². The third-order valence-electron chi connectivity index (χ3n) is 5.36. The van der Waals surface area contributed by atoms with E-state index in [0.29, 0.717) is 19.6 Å². The number of carbonyl (C=O) groups is 2. The number of aromatic nitrogens is 2. The standard InChI is InChI=1S/C23H27F3N4O3/c1-15(2)12-29-13-16(19(31)17(14-29)22(33)30-10-6-3-7-11-30)21(32)28-20(23(24,25)26)18-8-4-5-9-27-18/h4-5,8-9,13-15,20H,3,6-7,10-12H2,1-2H3,(H,28,32). The van der Waals surface area contributed by atoms with Crippen LogP contribution in [0.2, 0.25) is 0 Å². The zero-order valence-corrected chi connectivity index (χ0v) is 18.6. The average Bonchev–Trinajstić information content (AvgIpc) is 2.78. The molecule has 33 heavy (non-hydrogen) atoms. The number of piperidine rings is 1. The Morgan fingerprint density at radius 3 is 2.33 bits per heavy atom. The van der Waals surface area contributed by atoms with Gasteiger partial charge in [-0.25, -0.2) is 0 Å². The molecule has 1 saturated heterocycles. The molecule has 10 heteroatoms. The van der Waals surface area contributed by atoms with Crippen LogP contribution in [-0.2, 0) is 6.54 Å². The number of nitrogens with one attached hydrogen (secondary N) is 1. The van der Waals surface area contributed by atoms with Crippen LogP contribution in [0.4, 0.5) is 13.2 Å². The van der Waals surface area contributed by atoms with E-state index < -0.39 is 40.7 Å². The van der Waals surface area contributed by atoms with Crippen LogP contribution in [-0.4, -0.2) is 45.5 Å². The van der Waals surface area contributed by atoms with Crippen molar-refractivity contribution in [2.75, 3.05) is 13.1 Å². The summed E-state index contributed by atoms with van der Waals surface area (Å²) in [6, 6.07) is 1.58. The topological polar surface area (TPSA) is 84.3 Å². The van der Waals surface area contributed by atoms with Gasteiger partial charge in [-0.2, -0.15) is 13.2 Å². The lowest BCUT2D eigenvalue weighted by Gasteiger charge is -2.27. The van der Waals surface area contributed by atoms with Crippen LogP contribution >= 0.6 is 0 Å². The normalized spacial score (nSPS) is 15.4. The summed E-state index contributed by atoms with van der Waals surface area (Å²) >= 11 is 0. The monoisotopic (exact) mass is 464 g/mol. The molecule has 1 atom stereocenters. The van der Waals surface area contributed by atoms with Crippen LogP contribution < -0.4 is 10.7 Å². The molecule has 0 aromatic carbocycles. The molecule has 0 radical (unpaired) electrons. The number of halogens is 3. The minimum Gasteiger partial charge on any atom is -0.352 e. The van der Waals surface area contributed by atoms with Crippen molar-refractivity contribution in [2.45, 2.75) is 51.9 Å². The minimum atomic E-state index is -4.83. The smallest absolute Gasteiger partial charge is 0.352 e. The predicted octanol–water partition coefficient (Wildman–Crippen LogP) is 3.56. The van der Waals surface area contributed by atoms with Gasteiger partial charge in [-0.1, -0.05) is 19.9 Å². The van der Waals surface area contributed by atoms with Gasteiger partial charge in [0, 0.05) is 38.2 Å². The Bertz CT molecular complexity index is 1050. The number of rotatable bonds is 6. The van der Waals surface area contributed by atoms with E-state index in [9.17, 15) is 27.6 Å². The molecule has 0 saturated carbocycles. The van der Waals surface area contributed by atoms with Gasteiger partial charge in [0.2, 0.25) is 5.43 Å². The first-order valence-electron chi connectivity index (χ1n) is 10.9. The molecule has 1 N–H and O–H groups in total. The van der Waals surface area contributed by atoms with Gasteiger partial charge in [0.15, 0.2) is 6.04 Å². The number of nitrogens with zero attached hydrogens (tertiary/aromatic N) is 3. The predicted molar refractivity (Wildman–Crippen MR) is 116 cm³/mol. The molecule has 0 spiro atoms. The third kappa shape index (κ3) is 6.00. The highest BCUT2D eigenvalue weighted by molar-refractivity contribution is 5.99. The van der Waals surface area contributed by atoms with Crippen LogP contribution in [0.25, 0.3) is 0 Å². The van der Waals surface area contributed by atoms with Crippen molar-refractivity contribution in [3.8, 4) is 0 Å². The van der Waals surface area contributed by atoms with Gasteiger partial charge in [-0.3, -0.25) is 19.4 Å². The number of alkyl halides is 3. The summed E-state index contributed by atoms with van der Waals surface area (Å²) in [5.74, 6) is -1.61. The van der Waals surface area contributed by atoms with Gasteiger partial charge in [0.05, 0.1) is 5.69 Å². The second kappa shape index (κ2) is 10.2. The van der Waals surface area contributed by atoms with Crippen molar-refractivity contribution >= 4 is 11.8 Å². The maximum atomic E-state index is 13.7. The van der Waals surface area contributed by atoms with E-state index in [1.165, 1.54) is 35.3 Å². The van der Waals surface area contributed by atoms with Crippen LogP contribution in [0.1, 0.15) is 65.6 Å². The van der Waals surface area contributed by atoms with Gasteiger partial charge in [-0.05, 0) is 37.3 Å². The molecule has 3 rings (SSSR count). The second-order valence-corrected chi connectivity index (χ2v) is 8.56. The molecule has 1 unspecified atom stereocenters. The molecule has 2 aromatic heterocycles. The fraction of sp³-hybridized carbons (Fsp3) is 0.478. The zero-order valence-electron chi connectivity index (χ0n) is 18.6. The second-order valence-electron chi connectivity index (χ2n) is 8.56. The summed E-state index contributed by atoms with van der Waals surface area (Å²) in [6.45, 7) is 5.18. The quantitative estimate of drug-likeness (QED) is 0.709. The Morgan fingerprint density at radius 2 is 1.76 bits per heavy atom. The van der Waals surface area contributed by atoms with Gasteiger partial charge >= 0.3 is 6.18 Å². The van der Waals surface area contributed by atoms with Crippen molar-refractivity contribution in [1.29, 1.82) is 0 Å². The Morgan fingerprint density at radius 1 is 1.09 bits per heavy atom. The summed E-state index contributed by atoms with van der Waals surface area (Å²) < 4.78 is 42.6. The van der Waals surface area contributed by atoms with Gasteiger partial charge < -0.3 is 14.8 Å². The highest BCUT2D eigenvalue weighted by Crippen LogP contribution is 2.31. The molecule has 1 aliphatic heterocycles. The van der Waals surface area contributed by atoms with E-state index in [-0.39, 0.29) is 11.5 Å². The summed E-state index contributed by atoms with van der Waals surface area (Å²) in [5.41, 5.74) is -2.01. The lowest BCUT2D eigenvalue weighted by molar-refractivity contribution is -0.156. The molecule has 7 nitrogen and oxygen atoms in total. The number of pyridine rings is 2. The molecule has 3 heterocycles. The van der Waals surface area contributed by atoms with E-state index in [4.69, 9.17) is 0 Å². The Hall–Kier alpha value is -3.17. The van der Waals surface area contributed by atoms with Gasteiger partial charge in [0.1, 0.15) is 11.1 Å². The minimum absolute atomic E-state index is 0.109. The van der Waals surface area contributed by atoms with Crippen LogP contribution in [0.3, 0.4) is 0 Å². The molecule has 178 valence electrons. The number of hydrogen-bond acceptors (Lipinski definition) is 4. The molecule has 1 fully saturated rings. The number of hydrogen-bond donors (Lipinski definition) is 1. The average molecular weight is 464 g/mol. The lowest BCUT2D eigenvalue weighted by Crippen LogP contribution is -2.42. The van der Waals surface area contributed by atoms with Crippen molar-refractivity contribution in [3.05, 3.63) is 63.8 Å². The first-order chi connectivity index (χ1) is 15.6. The van der Waals surface area contributed by atoms with Crippen LogP contribution in [0, 0.1) is 5.92 Å². The number of amides is 2. The Balaban J connectivity index is 2.00. The first-order valence-corrected chi connectivity index (χ1v) is 10.9. The van der Waals surface area contributed by atoms with E-state index in [1.807, 2.05) is 19.2 Å². The molecule has 2 amide bonds. The molecule has 1 aliphatic rings. The number of carbonyl (C=O) groups excluding carboxylic acids is 2. The summed E-state index contributed by atoms with van der Waals surface area (Å²) in [4.78, 5) is 44.3. The van der Waals surface area contributed by atoms with E-state index in [1.54, 1.807) is 4.90 Å².